The first-order valence-electron chi connectivity index (χ1n) is 7.77. The minimum absolute atomic E-state index is 0.116. The van der Waals surface area contributed by atoms with Crippen molar-refractivity contribution in [1.82, 2.24) is 0 Å². The Balaban J connectivity index is 2.29. The molecule has 1 rings (SSSR count). The lowest BCUT2D eigenvalue weighted by Crippen LogP contribution is -2.00. The van der Waals surface area contributed by atoms with Gasteiger partial charge in [0.25, 0.3) is 0 Å². The quantitative estimate of drug-likeness (QED) is 0.289. The SMILES string of the molecule is CCCCCCCCOCc1ccc(O)c(C(C)=NO)c1. The third-order valence-corrected chi connectivity index (χ3v) is 3.51. The molecule has 0 radical (unpaired) electrons. The van der Waals surface area contributed by atoms with Crippen LogP contribution in [0.25, 0.3) is 0 Å². The summed E-state index contributed by atoms with van der Waals surface area (Å²) < 4.78 is 5.65. The molecule has 0 aromatic heterocycles. The summed E-state index contributed by atoms with van der Waals surface area (Å²) in [5.41, 5.74) is 1.90. The summed E-state index contributed by atoms with van der Waals surface area (Å²) in [5, 5.41) is 21.6. The third kappa shape index (κ3) is 6.63. The van der Waals surface area contributed by atoms with Gasteiger partial charge < -0.3 is 15.1 Å². The predicted molar refractivity (Wildman–Crippen MR) is 85.1 cm³/mol. The molecule has 21 heavy (non-hydrogen) atoms. The van der Waals surface area contributed by atoms with Crippen LogP contribution in [0.15, 0.2) is 23.4 Å². The van der Waals surface area contributed by atoms with E-state index in [4.69, 9.17) is 9.94 Å². The molecule has 0 spiro atoms. The molecule has 0 saturated heterocycles. The van der Waals surface area contributed by atoms with Crippen LogP contribution < -0.4 is 0 Å². The zero-order valence-electron chi connectivity index (χ0n) is 13.1. The van der Waals surface area contributed by atoms with Crippen LogP contribution in [-0.4, -0.2) is 22.6 Å². The highest BCUT2D eigenvalue weighted by Gasteiger charge is 2.06. The van der Waals surface area contributed by atoms with Crippen molar-refractivity contribution in [3.8, 4) is 5.75 Å². The fraction of sp³-hybridized carbons (Fsp3) is 0.588. The second-order valence-corrected chi connectivity index (χ2v) is 5.36. The minimum atomic E-state index is 0.116. The van der Waals surface area contributed by atoms with Crippen LogP contribution in [-0.2, 0) is 11.3 Å². The molecule has 118 valence electrons. The molecule has 0 atom stereocenters. The van der Waals surface area contributed by atoms with E-state index in [0.717, 1.165) is 18.6 Å². The Kier molecular flexibility index (Phi) is 8.51. The van der Waals surface area contributed by atoms with Crippen molar-refractivity contribution in [2.75, 3.05) is 6.61 Å². The number of oxime groups is 1. The molecule has 4 heteroatoms. The van der Waals surface area contributed by atoms with E-state index in [2.05, 4.69) is 12.1 Å². The topological polar surface area (TPSA) is 62.0 Å². The average Bonchev–Trinajstić information content (AvgIpc) is 2.50. The van der Waals surface area contributed by atoms with E-state index in [0.29, 0.717) is 17.9 Å². The molecule has 1 aromatic rings. The van der Waals surface area contributed by atoms with E-state index in [1.54, 1.807) is 19.1 Å². The first kappa shape index (κ1) is 17.5. The lowest BCUT2D eigenvalue weighted by atomic mass is 10.1. The van der Waals surface area contributed by atoms with E-state index in [9.17, 15) is 5.11 Å². The van der Waals surface area contributed by atoms with Gasteiger partial charge in [0.2, 0.25) is 0 Å². The number of benzene rings is 1. The van der Waals surface area contributed by atoms with Gasteiger partial charge in [0.15, 0.2) is 0 Å². The molecule has 0 aliphatic carbocycles. The third-order valence-electron chi connectivity index (χ3n) is 3.51. The maximum absolute atomic E-state index is 9.72. The Bertz CT molecular complexity index is 444. The number of phenols is 1. The zero-order valence-corrected chi connectivity index (χ0v) is 13.1. The number of hydrogen-bond donors (Lipinski definition) is 2. The van der Waals surface area contributed by atoms with E-state index < -0.39 is 0 Å². The zero-order chi connectivity index (χ0) is 15.5. The predicted octanol–water partition coefficient (Wildman–Crippen LogP) is 4.47. The van der Waals surface area contributed by atoms with E-state index in [-0.39, 0.29) is 5.75 Å². The summed E-state index contributed by atoms with van der Waals surface area (Å²) in [6.45, 7) is 5.14. The summed E-state index contributed by atoms with van der Waals surface area (Å²) in [5.74, 6) is 0.116. The maximum atomic E-state index is 9.72. The van der Waals surface area contributed by atoms with Gasteiger partial charge in [-0.1, -0.05) is 50.2 Å². The molecule has 0 amide bonds. The van der Waals surface area contributed by atoms with Crippen molar-refractivity contribution in [3.05, 3.63) is 29.3 Å². The van der Waals surface area contributed by atoms with E-state index in [1.807, 2.05) is 6.07 Å². The van der Waals surface area contributed by atoms with Gasteiger partial charge in [0, 0.05) is 12.2 Å². The molecule has 0 heterocycles. The van der Waals surface area contributed by atoms with Gasteiger partial charge in [-0.2, -0.15) is 0 Å². The number of phenolic OH excluding ortho intramolecular Hbond substituents is 1. The van der Waals surface area contributed by atoms with Crippen molar-refractivity contribution in [2.24, 2.45) is 5.16 Å². The van der Waals surface area contributed by atoms with Gasteiger partial charge in [-0.25, -0.2) is 0 Å². The van der Waals surface area contributed by atoms with Crippen LogP contribution in [0, 0.1) is 0 Å². The van der Waals surface area contributed by atoms with E-state index >= 15 is 0 Å². The first-order chi connectivity index (χ1) is 10.2. The highest BCUT2D eigenvalue weighted by Crippen LogP contribution is 2.20. The Hall–Kier alpha value is -1.55. The highest BCUT2D eigenvalue weighted by atomic mass is 16.5. The lowest BCUT2D eigenvalue weighted by molar-refractivity contribution is 0.116. The van der Waals surface area contributed by atoms with Crippen molar-refractivity contribution in [2.45, 2.75) is 59.0 Å². The van der Waals surface area contributed by atoms with Crippen LogP contribution in [0.4, 0.5) is 0 Å². The number of aromatic hydroxyl groups is 1. The second kappa shape index (κ2) is 10.2. The number of rotatable bonds is 10. The van der Waals surface area contributed by atoms with Crippen molar-refractivity contribution >= 4 is 5.71 Å². The first-order valence-corrected chi connectivity index (χ1v) is 7.77. The van der Waals surface area contributed by atoms with Gasteiger partial charge in [0.1, 0.15) is 5.75 Å². The molecule has 0 unspecified atom stereocenters. The minimum Gasteiger partial charge on any atom is -0.507 e. The number of nitrogens with zero attached hydrogens (tertiary/aromatic N) is 1. The monoisotopic (exact) mass is 293 g/mol. The van der Waals surface area contributed by atoms with Crippen LogP contribution in [0.3, 0.4) is 0 Å². The molecule has 0 aliphatic heterocycles. The standard InChI is InChI=1S/C17H27NO3/c1-3-4-5-6-7-8-11-21-13-15-9-10-17(19)16(12-15)14(2)18-20/h9-10,12,19-20H,3-8,11,13H2,1-2H3. The molecule has 1 aromatic carbocycles. The molecule has 0 fully saturated rings. The van der Waals surface area contributed by atoms with Gasteiger partial charge in [-0.3, -0.25) is 0 Å². The molecular weight excluding hydrogens is 266 g/mol. The van der Waals surface area contributed by atoms with Crippen molar-refractivity contribution < 1.29 is 15.1 Å². The van der Waals surface area contributed by atoms with Gasteiger partial charge in [0.05, 0.1) is 12.3 Å². The number of hydrogen-bond acceptors (Lipinski definition) is 4. The molecule has 0 bridgehead atoms. The van der Waals surface area contributed by atoms with Crippen LogP contribution in [0.5, 0.6) is 5.75 Å². The average molecular weight is 293 g/mol. The fourth-order valence-corrected chi connectivity index (χ4v) is 2.19. The molecule has 0 saturated carbocycles. The largest absolute Gasteiger partial charge is 0.507 e. The summed E-state index contributed by atoms with van der Waals surface area (Å²) in [6, 6.07) is 5.23. The summed E-state index contributed by atoms with van der Waals surface area (Å²) in [7, 11) is 0. The normalized spacial score (nSPS) is 11.8. The summed E-state index contributed by atoms with van der Waals surface area (Å²) in [6.07, 6.45) is 7.51. The molecular formula is C17H27NO3. The van der Waals surface area contributed by atoms with Crippen molar-refractivity contribution in [1.29, 1.82) is 0 Å². The fourth-order valence-electron chi connectivity index (χ4n) is 2.19. The van der Waals surface area contributed by atoms with Gasteiger partial charge in [-0.05, 0) is 31.0 Å². The van der Waals surface area contributed by atoms with Crippen LogP contribution in [0.2, 0.25) is 0 Å². The van der Waals surface area contributed by atoms with Crippen LogP contribution in [0.1, 0.15) is 63.5 Å². The molecule has 2 N–H and O–H groups in total. The van der Waals surface area contributed by atoms with Gasteiger partial charge >= 0.3 is 0 Å². The second-order valence-electron chi connectivity index (χ2n) is 5.36. The Morgan fingerprint density at radius 3 is 2.57 bits per heavy atom. The van der Waals surface area contributed by atoms with Gasteiger partial charge in [-0.15, -0.1) is 0 Å². The lowest BCUT2D eigenvalue weighted by Gasteiger charge is -2.08. The van der Waals surface area contributed by atoms with Crippen molar-refractivity contribution in [3.63, 3.8) is 0 Å². The molecule has 4 nitrogen and oxygen atoms in total. The smallest absolute Gasteiger partial charge is 0.124 e. The Morgan fingerprint density at radius 2 is 1.86 bits per heavy atom. The van der Waals surface area contributed by atoms with E-state index in [1.165, 1.54) is 32.1 Å². The summed E-state index contributed by atoms with van der Waals surface area (Å²) >= 11 is 0. The summed E-state index contributed by atoms with van der Waals surface area (Å²) in [4.78, 5) is 0. The Morgan fingerprint density at radius 1 is 1.14 bits per heavy atom. The number of unbranched alkanes of at least 4 members (excludes halogenated alkanes) is 5. The number of ether oxygens (including phenoxy) is 1. The molecule has 0 aliphatic rings. The maximum Gasteiger partial charge on any atom is 0.124 e. The Labute approximate surface area is 127 Å². The van der Waals surface area contributed by atoms with Crippen LogP contribution >= 0.6 is 0 Å². The highest BCUT2D eigenvalue weighted by molar-refractivity contribution is 6.00.